The molecule has 1 saturated heterocycles. The molecule has 1 aliphatic rings. The maximum atomic E-state index is 13.3. The van der Waals surface area contributed by atoms with Crippen LogP contribution in [0.4, 0.5) is 15.2 Å². The summed E-state index contributed by atoms with van der Waals surface area (Å²) in [5.41, 5.74) is 0.865. The van der Waals surface area contributed by atoms with Crippen LogP contribution in [0.5, 0.6) is 5.75 Å². The molecular formula is C22H26ClFN4O4S2. The van der Waals surface area contributed by atoms with Crippen molar-refractivity contribution >= 4 is 49.7 Å². The number of amides is 1. The summed E-state index contributed by atoms with van der Waals surface area (Å²) >= 11 is 6.95. The molecule has 34 heavy (non-hydrogen) atoms. The molecule has 2 heterocycles. The van der Waals surface area contributed by atoms with Crippen LogP contribution in [0.25, 0.3) is 0 Å². The highest BCUT2D eigenvalue weighted by Crippen LogP contribution is 2.24. The zero-order valence-electron chi connectivity index (χ0n) is 18.1. The van der Waals surface area contributed by atoms with Gasteiger partial charge < -0.3 is 14.5 Å². The molecule has 184 valence electrons. The predicted molar refractivity (Wildman–Crippen MR) is 134 cm³/mol. The Balaban J connectivity index is 0.00000228. The Hall–Kier alpha value is -2.89. The molecule has 1 atom stereocenters. The predicted octanol–water partition coefficient (Wildman–Crippen LogP) is 4.34. The van der Waals surface area contributed by atoms with Gasteiger partial charge in [-0.3, -0.25) is 9.52 Å². The lowest BCUT2D eigenvalue weighted by Crippen LogP contribution is -2.55. The topological polar surface area (TPSA) is 91.8 Å². The van der Waals surface area contributed by atoms with Gasteiger partial charge in [-0.1, -0.05) is 11.6 Å². The first-order valence-electron chi connectivity index (χ1n) is 10.4. The molecule has 0 unspecified atom stereocenters. The number of rotatable bonds is 7. The molecule has 1 aromatic heterocycles. The molecule has 0 saturated carbocycles. The van der Waals surface area contributed by atoms with E-state index in [4.69, 9.17) is 16.3 Å². The van der Waals surface area contributed by atoms with Crippen molar-refractivity contribution in [1.82, 2.24) is 9.88 Å². The summed E-state index contributed by atoms with van der Waals surface area (Å²) in [6, 6.07) is 10.5. The fourth-order valence-corrected chi connectivity index (χ4v) is 5.60. The summed E-state index contributed by atoms with van der Waals surface area (Å²) in [7, 11) is -3.71. The Kier molecular flexibility index (Phi) is 7.24. The number of sulfonamides is 1. The van der Waals surface area contributed by atoms with Gasteiger partial charge in [-0.2, -0.15) is 0 Å². The van der Waals surface area contributed by atoms with Crippen LogP contribution in [0.1, 0.15) is 9.78 Å². The van der Waals surface area contributed by atoms with Crippen molar-refractivity contribution in [3.8, 4) is 5.75 Å². The zero-order chi connectivity index (χ0) is 24.3. The molecule has 0 spiro atoms. The normalized spacial score (nSPS) is 16.4. The Morgan fingerprint density at radius 3 is 2.71 bits per heavy atom. The van der Waals surface area contributed by atoms with Crippen LogP contribution < -0.4 is 14.4 Å². The summed E-state index contributed by atoms with van der Waals surface area (Å²) < 4.78 is 46.2. The van der Waals surface area contributed by atoms with Crippen molar-refractivity contribution in [3.05, 3.63) is 64.9 Å². The minimum absolute atomic E-state index is 0. The van der Waals surface area contributed by atoms with Crippen LogP contribution in [0, 0.1) is 5.82 Å². The number of ether oxygens (including phenoxy) is 1. The van der Waals surface area contributed by atoms with E-state index in [0.717, 1.165) is 5.69 Å². The van der Waals surface area contributed by atoms with E-state index in [1.165, 1.54) is 35.7 Å². The van der Waals surface area contributed by atoms with Gasteiger partial charge in [-0.05, 0) is 43.3 Å². The van der Waals surface area contributed by atoms with E-state index in [9.17, 15) is 17.6 Å². The fourth-order valence-electron chi connectivity index (χ4n) is 3.64. The van der Waals surface area contributed by atoms with E-state index < -0.39 is 15.8 Å². The zero-order valence-corrected chi connectivity index (χ0v) is 20.5. The molecule has 4 rings (SSSR count). The van der Waals surface area contributed by atoms with Gasteiger partial charge in [-0.15, -0.1) is 11.3 Å². The highest BCUT2D eigenvalue weighted by molar-refractivity contribution is 7.93. The molecule has 1 N–H and O–H groups in total. The highest BCUT2D eigenvalue weighted by Gasteiger charge is 2.28. The summed E-state index contributed by atoms with van der Waals surface area (Å²) in [5.74, 6) is -0.403. The number of nitrogens with zero attached hydrogens (tertiary/aromatic N) is 3. The summed E-state index contributed by atoms with van der Waals surface area (Å²) in [4.78, 5) is 20.6. The van der Waals surface area contributed by atoms with Gasteiger partial charge in [0.2, 0.25) is 0 Å². The molecule has 2 aromatic carbocycles. The standard InChI is InChI=1S/C22H22ClFN4O4S2.2H2/c1-15-13-27(9-10-28(15)21(29)14-32-17-4-7-20(24)19(23)12-17)16-2-5-18(6-3-16)34(30,31)26-22-25-8-11-33-22;;/h2-8,11-12,15H,9-10,13-14H2,1H3,(H,25,26);2*1H/t15-;;/m0../s1. The molecule has 0 radical (unpaired) electrons. The summed E-state index contributed by atoms with van der Waals surface area (Å²) in [6.07, 6.45) is 1.53. The second-order valence-electron chi connectivity index (χ2n) is 7.68. The lowest BCUT2D eigenvalue weighted by molar-refractivity contribution is -0.135. The Bertz CT molecular complexity index is 1270. The smallest absolute Gasteiger partial charge is 0.263 e. The van der Waals surface area contributed by atoms with Gasteiger partial charge in [0.15, 0.2) is 11.7 Å². The van der Waals surface area contributed by atoms with E-state index in [2.05, 4.69) is 14.6 Å². The number of piperazine rings is 1. The Morgan fingerprint density at radius 1 is 1.29 bits per heavy atom. The van der Waals surface area contributed by atoms with Crippen LogP contribution in [-0.2, 0) is 14.8 Å². The van der Waals surface area contributed by atoms with Crippen LogP contribution in [0.3, 0.4) is 0 Å². The lowest BCUT2D eigenvalue weighted by Gasteiger charge is -2.41. The molecule has 1 fully saturated rings. The van der Waals surface area contributed by atoms with Crippen LogP contribution in [0.15, 0.2) is 58.9 Å². The van der Waals surface area contributed by atoms with Crippen LogP contribution >= 0.6 is 22.9 Å². The first kappa shape index (κ1) is 24.2. The van der Waals surface area contributed by atoms with Crippen molar-refractivity contribution in [3.63, 3.8) is 0 Å². The number of aromatic nitrogens is 1. The van der Waals surface area contributed by atoms with E-state index >= 15 is 0 Å². The third-order valence-electron chi connectivity index (χ3n) is 5.37. The van der Waals surface area contributed by atoms with Crippen molar-refractivity contribution < 1.29 is 25.2 Å². The second kappa shape index (κ2) is 10.2. The molecule has 12 heteroatoms. The van der Waals surface area contributed by atoms with Crippen LogP contribution in [-0.4, -0.2) is 56.5 Å². The fraction of sp³-hybridized carbons (Fsp3) is 0.273. The maximum absolute atomic E-state index is 13.3. The molecular weight excluding hydrogens is 503 g/mol. The van der Waals surface area contributed by atoms with Crippen molar-refractivity contribution in [2.75, 3.05) is 35.9 Å². The number of thiazole rings is 1. The SMILES string of the molecule is C[C@H]1CN(c2ccc(S(=O)(=O)Nc3nccs3)cc2)CCN1C(=O)COc1ccc(F)c(Cl)c1.[HH].[HH]. The third-order valence-corrected chi connectivity index (χ3v) is 7.83. The number of carbonyl (C=O) groups is 1. The number of anilines is 2. The number of hydrogen-bond acceptors (Lipinski definition) is 7. The minimum Gasteiger partial charge on any atom is -0.484 e. The van der Waals surface area contributed by atoms with E-state index in [-0.39, 0.29) is 31.3 Å². The molecule has 1 amide bonds. The highest BCUT2D eigenvalue weighted by atomic mass is 35.5. The number of halogens is 2. The van der Waals surface area contributed by atoms with Gasteiger partial charge in [0.1, 0.15) is 11.6 Å². The van der Waals surface area contributed by atoms with Gasteiger partial charge >= 0.3 is 0 Å². The summed E-state index contributed by atoms with van der Waals surface area (Å²) in [5, 5.41) is 1.94. The minimum atomic E-state index is -3.71. The molecule has 0 aliphatic carbocycles. The van der Waals surface area contributed by atoms with E-state index in [1.807, 2.05) is 6.92 Å². The molecule has 0 bridgehead atoms. The quantitative estimate of drug-likeness (QED) is 0.490. The number of nitrogens with one attached hydrogen (secondary N) is 1. The van der Waals surface area contributed by atoms with Gasteiger partial charge in [0.25, 0.3) is 15.9 Å². The van der Waals surface area contributed by atoms with Gasteiger partial charge in [0, 0.05) is 51.9 Å². The average Bonchev–Trinajstić information content (AvgIpc) is 3.32. The summed E-state index contributed by atoms with van der Waals surface area (Å²) in [6.45, 7) is 3.42. The molecule has 3 aromatic rings. The van der Waals surface area contributed by atoms with Crippen molar-refractivity contribution in [1.29, 1.82) is 0 Å². The number of carbonyl (C=O) groups excluding carboxylic acids is 1. The maximum Gasteiger partial charge on any atom is 0.263 e. The van der Waals surface area contributed by atoms with Crippen molar-refractivity contribution in [2.45, 2.75) is 17.9 Å². The lowest BCUT2D eigenvalue weighted by atomic mass is 10.1. The first-order valence-corrected chi connectivity index (χ1v) is 13.1. The molecule has 8 nitrogen and oxygen atoms in total. The number of benzene rings is 2. The Labute approximate surface area is 208 Å². The average molecular weight is 529 g/mol. The van der Waals surface area contributed by atoms with Crippen molar-refractivity contribution in [2.24, 2.45) is 0 Å². The van der Waals surface area contributed by atoms with Gasteiger partial charge in [-0.25, -0.2) is 17.8 Å². The second-order valence-corrected chi connectivity index (χ2v) is 10.7. The monoisotopic (exact) mass is 528 g/mol. The Morgan fingerprint density at radius 2 is 2.06 bits per heavy atom. The van der Waals surface area contributed by atoms with Gasteiger partial charge in [0.05, 0.1) is 9.92 Å². The molecule has 1 aliphatic heterocycles. The van der Waals surface area contributed by atoms with Crippen LogP contribution in [0.2, 0.25) is 5.02 Å². The third kappa shape index (κ3) is 5.60. The first-order chi connectivity index (χ1) is 16.2. The largest absolute Gasteiger partial charge is 0.484 e. The number of hydrogen-bond donors (Lipinski definition) is 1. The van der Waals surface area contributed by atoms with E-state index in [0.29, 0.717) is 30.5 Å². The van der Waals surface area contributed by atoms with E-state index in [1.54, 1.807) is 34.5 Å².